The second-order valence-electron chi connectivity index (χ2n) is 3.50. The Hall–Kier alpha value is -2.48. The van der Waals surface area contributed by atoms with E-state index in [1.165, 1.54) is 6.07 Å². The van der Waals surface area contributed by atoms with Crippen molar-refractivity contribution in [3.8, 4) is 18.1 Å². The molecule has 0 aliphatic heterocycles. The molecule has 0 unspecified atom stereocenters. The van der Waals surface area contributed by atoms with Gasteiger partial charge in [0.1, 0.15) is 5.75 Å². The van der Waals surface area contributed by atoms with Gasteiger partial charge in [-0.3, -0.25) is 4.79 Å². The zero-order valence-electron chi connectivity index (χ0n) is 9.90. The first kappa shape index (κ1) is 13.6. The van der Waals surface area contributed by atoms with E-state index >= 15 is 0 Å². The van der Waals surface area contributed by atoms with E-state index in [4.69, 9.17) is 16.3 Å². The summed E-state index contributed by atoms with van der Waals surface area (Å²) >= 11 is 0. The fourth-order valence-corrected chi connectivity index (χ4v) is 1.35. The van der Waals surface area contributed by atoms with E-state index in [0.29, 0.717) is 11.3 Å². The average Bonchev–Trinajstić information content (AvgIpc) is 2.34. The van der Waals surface area contributed by atoms with Crippen molar-refractivity contribution < 1.29 is 19.4 Å². The van der Waals surface area contributed by atoms with Gasteiger partial charge in [0, 0.05) is 5.56 Å². The minimum Gasteiger partial charge on any atom is -0.483 e. The van der Waals surface area contributed by atoms with Crippen LogP contribution in [0.2, 0.25) is 0 Å². The van der Waals surface area contributed by atoms with Gasteiger partial charge in [-0.2, -0.15) is 0 Å². The molecule has 2 N–H and O–H groups in total. The molecule has 0 spiro atoms. The highest BCUT2D eigenvalue weighted by Gasteiger charge is 2.11. The number of ether oxygens (including phenoxy) is 1. The summed E-state index contributed by atoms with van der Waals surface area (Å²) in [5, 5.41) is 11.4. The number of rotatable bonds is 5. The van der Waals surface area contributed by atoms with Gasteiger partial charge < -0.3 is 15.2 Å². The number of carboxylic acid groups (broad SMARTS) is 1. The molecule has 0 atom stereocenters. The summed E-state index contributed by atoms with van der Waals surface area (Å²) in [7, 11) is 0. The lowest BCUT2D eigenvalue weighted by Crippen LogP contribution is -2.29. The van der Waals surface area contributed by atoms with Gasteiger partial charge in [-0.05, 0) is 19.1 Å². The van der Waals surface area contributed by atoms with Gasteiger partial charge in [0.05, 0.1) is 12.1 Å². The van der Waals surface area contributed by atoms with Crippen LogP contribution in [0.1, 0.15) is 15.9 Å². The molecule has 94 valence electrons. The van der Waals surface area contributed by atoms with Gasteiger partial charge in [-0.15, -0.1) is 6.42 Å². The SMILES string of the molecule is C#CCNC(=O)COc1cccc(C(=O)O)c1C. The van der Waals surface area contributed by atoms with Gasteiger partial charge in [-0.25, -0.2) is 4.79 Å². The van der Waals surface area contributed by atoms with Crippen molar-refractivity contribution in [1.82, 2.24) is 5.32 Å². The van der Waals surface area contributed by atoms with E-state index in [9.17, 15) is 9.59 Å². The smallest absolute Gasteiger partial charge is 0.336 e. The predicted molar refractivity (Wildman–Crippen MR) is 65.5 cm³/mol. The number of hydrogen-bond acceptors (Lipinski definition) is 3. The number of carbonyl (C=O) groups is 2. The standard InChI is InChI=1S/C13H13NO4/c1-3-7-14-12(15)8-18-11-6-4-5-10(9(11)2)13(16)17/h1,4-6H,7-8H2,2H3,(H,14,15)(H,16,17). The maximum Gasteiger partial charge on any atom is 0.336 e. The largest absolute Gasteiger partial charge is 0.483 e. The van der Waals surface area contributed by atoms with E-state index in [1.807, 2.05) is 0 Å². The molecule has 1 rings (SSSR count). The maximum absolute atomic E-state index is 11.3. The van der Waals surface area contributed by atoms with Gasteiger partial charge in [-0.1, -0.05) is 12.0 Å². The normalized spacial score (nSPS) is 9.33. The molecule has 1 aromatic rings. The second-order valence-corrected chi connectivity index (χ2v) is 3.50. The summed E-state index contributed by atoms with van der Waals surface area (Å²) in [6.07, 6.45) is 4.99. The van der Waals surface area contributed by atoms with Crippen molar-refractivity contribution in [3.63, 3.8) is 0 Å². The molecule has 5 nitrogen and oxygen atoms in total. The number of nitrogens with one attached hydrogen (secondary N) is 1. The Morgan fingerprint density at radius 3 is 2.83 bits per heavy atom. The molecule has 0 bridgehead atoms. The lowest BCUT2D eigenvalue weighted by atomic mass is 10.1. The van der Waals surface area contributed by atoms with Crippen LogP contribution in [0.4, 0.5) is 0 Å². The third-order valence-corrected chi connectivity index (χ3v) is 2.26. The van der Waals surface area contributed by atoms with Crippen molar-refractivity contribution in [2.45, 2.75) is 6.92 Å². The fraction of sp³-hybridized carbons (Fsp3) is 0.231. The van der Waals surface area contributed by atoms with Gasteiger partial charge in [0.2, 0.25) is 0 Å². The Kier molecular flexibility index (Phi) is 4.76. The summed E-state index contributed by atoms with van der Waals surface area (Å²) < 4.78 is 5.24. The summed E-state index contributed by atoms with van der Waals surface area (Å²) in [4.78, 5) is 22.2. The van der Waals surface area contributed by atoms with Crippen LogP contribution in [0.15, 0.2) is 18.2 Å². The van der Waals surface area contributed by atoms with Crippen LogP contribution in [-0.2, 0) is 4.79 Å². The molecule has 0 aromatic heterocycles. The summed E-state index contributed by atoms with van der Waals surface area (Å²) in [6, 6.07) is 4.64. The molecule has 0 aliphatic carbocycles. The summed E-state index contributed by atoms with van der Waals surface area (Å²) in [5.74, 6) is 1.25. The minimum absolute atomic E-state index is 0.135. The number of terminal acetylenes is 1. The van der Waals surface area contributed by atoms with Crippen LogP contribution in [0.3, 0.4) is 0 Å². The van der Waals surface area contributed by atoms with Crippen LogP contribution in [0.5, 0.6) is 5.75 Å². The fourth-order valence-electron chi connectivity index (χ4n) is 1.35. The molecule has 18 heavy (non-hydrogen) atoms. The summed E-state index contributed by atoms with van der Waals surface area (Å²) in [5.41, 5.74) is 0.631. The number of amides is 1. The number of aromatic carboxylic acids is 1. The zero-order valence-corrected chi connectivity index (χ0v) is 9.90. The van der Waals surface area contributed by atoms with Crippen LogP contribution >= 0.6 is 0 Å². The average molecular weight is 247 g/mol. The third kappa shape index (κ3) is 3.52. The Morgan fingerprint density at radius 2 is 2.22 bits per heavy atom. The molecule has 0 heterocycles. The van der Waals surface area contributed by atoms with Crippen molar-refractivity contribution in [2.24, 2.45) is 0 Å². The quantitative estimate of drug-likeness (QED) is 0.755. The molecule has 0 saturated heterocycles. The van der Waals surface area contributed by atoms with Crippen molar-refractivity contribution >= 4 is 11.9 Å². The van der Waals surface area contributed by atoms with Gasteiger partial charge in [0.15, 0.2) is 6.61 Å². The van der Waals surface area contributed by atoms with Crippen LogP contribution < -0.4 is 10.1 Å². The molecular formula is C13H13NO4. The number of carboxylic acids is 1. The van der Waals surface area contributed by atoms with Crippen LogP contribution in [-0.4, -0.2) is 30.1 Å². The number of hydrogen-bond donors (Lipinski definition) is 2. The topological polar surface area (TPSA) is 75.6 Å². The van der Waals surface area contributed by atoms with Crippen molar-refractivity contribution in [2.75, 3.05) is 13.2 Å². The minimum atomic E-state index is -1.03. The molecule has 0 fully saturated rings. The Morgan fingerprint density at radius 1 is 1.50 bits per heavy atom. The molecule has 0 radical (unpaired) electrons. The van der Waals surface area contributed by atoms with E-state index in [2.05, 4.69) is 11.2 Å². The highest BCUT2D eigenvalue weighted by atomic mass is 16.5. The molecular weight excluding hydrogens is 234 g/mol. The van der Waals surface area contributed by atoms with Gasteiger partial charge >= 0.3 is 5.97 Å². The highest BCUT2D eigenvalue weighted by Crippen LogP contribution is 2.21. The first-order valence-corrected chi connectivity index (χ1v) is 5.22. The zero-order chi connectivity index (χ0) is 13.5. The van der Waals surface area contributed by atoms with E-state index < -0.39 is 5.97 Å². The second kappa shape index (κ2) is 6.30. The lowest BCUT2D eigenvalue weighted by Gasteiger charge is -2.10. The lowest BCUT2D eigenvalue weighted by molar-refractivity contribution is -0.122. The van der Waals surface area contributed by atoms with Crippen molar-refractivity contribution in [3.05, 3.63) is 29.3 Å². The molecule has 0 aliphatic rings. The van der Waals surface area contributed by atoms with Crippen LogP contribution in [0, 0.1) is 19.3 Å². The predicted octanol–water partition coefficient (Wildman–Crippen LogP) is 0.821. The Balaban J connectivity index is 2.69. The maximum atomic E-state index is 11.3. The van der Waals surface area contributed by atoms with Crippen LogP contribution in [0.25, 0.3) is 0 Å². The Labute approximate surface area is 105 Å². The number of carbonyl (C=O) groups excluding carboxylic acids is 1. The summed E-state index contributed by atoms with van der Waals surface area (Å²) in [6.45, 7) is 1.56. The highest BCUT2D eigenvalue weighted by molar-refractivity contribution is 5.90. The third-order valence-electron chi connectivity index (χ3n) is 2.26. The van der Waals surface area contributed by atoms with Gasteiger partial charge in [0.25, 0.3) is 5.91 Å². The first-order chi connectivity index (χ1) is 8.56. The molecule has 0 saturated carbocycles. The monoisotopic (exact) mass is 247 g/mol. The van der Waals surface area contributed by atoms with E-state index in [0.717, 1.165) is 0 Å². The van der Waals surface area contributed by atoms with Crippen molar-refractivity contribution in [1.29, 1.82) is 0 Å². The molecule has 5 heteroatoms. The first-order valence-electron chi connectivity index (χ1n) is 5.22. The Bertz CT molecular complexity index is 502. The number of benzene rings is 1. The molecule has 1 amide bonds. The van der Waals surface area contributed by atoms with E-state index in [1.54, 1.807) is 19.1 Å². The van der Waals surface area contributed by atoms with E-state index in [-0.39, 0.29) is 24.6 Å². The molecule has 1 aromatic carbocycles.